The molecule has 1 aromatic carbocycles. The zero-order valence-electron chi connectivity index (χ0n) is 14.7. The number of piperazine rings is 1. The van der Waals surface area contributed by atoms with Crippen molar-refractivity contribution < 1.29 is 14.1 Å². The number of ether oxygens (including phenoxy) is 1. The van der Waals surface area contributed by atoms with Crippen LogP contribution in [0, 0.1) is 6.92 Å². The molecule has 0 N–H and O–H groups in total. The number of esters is 1. The van der Waals surface area contributed by atoms with Gasteiger partial charge in [0.05, 0.1) is 6.54 Å². The Labute approximate surface area is 147 Å². The Hall–Kier alpha value is -2.25. The summed E-state index contributed by atoms with van der Waals surface area (Å²) >= 11 is 0. The van der Waals surface area contributed by atoms with Crippen molar-refractivity contribution in [2.24, 2.45) is 0 Å². The molecule has 1 fully saturated rings. The van der Waals surface area contributed by atoms with Crippen LogP contribution < -0.4 is 0 Å². The monoisotopic (exact) mass is 344 g/mol. The first-order valence-corrected chi connectivity index (χ1v) is 8.58. The number of carbonyl (C=O) groups is 1. The standard InChI is InChI=1S/C18H24N4O3/c1-14(18-19-15(2)20-25-18)24-17(23)13-22-10-8-21(9-11-22)12-16-6-4-3-5-7-16/h3-7,14H,8-13H2,1-2H3. The predicted octanol–water partition coefficient (Wildman–Crippen LogP) is 1.80. The summed E-state index contributed by atoms with van der Waals surface area (Å²) < 4.78 is 10.4. The molecule has 2 heterocycles. The van der Waals surface area contributed by atoms with Crippen molar-refractivity contribution in [1.82, 2.24) is 19.9 Å². The molecular weight excluding hydrogens is 320 g/mol. The fraction of sp³-hybridized carbons (Fsp3) is 0.500. The molecule has 1 aliphatic rings. The molecule has 0 amide bonds. The highest BCUT2D eigenvalue weighted by Crippen LogP contribution is 2.15. The number of rotatable bonds is 6. The SMILES string of the molecule is Cc1noc(C(C)OC(=O)CN2CCN(Cc3ccccc3)CC2)n1. The number of hydrogen-bond donors (Lipinski definition) is 0. The van der Waals surface area contributed by atoms with Crippen LogP contribution in [0.5, 0.6) is 0 Å². The maximum Gasteiger partial charge on any atom is 0.320 e. The molecular formula is C18H24N4O3. The second-order valence-electron chi connectivity index (χ2n) is 6.35. The lowest BCUT2D eigenvalue weighted by atomic mass is 10.2. The summed E-state index contributed by atoms with van der Waals surface area (Å²) in [5.41, 5.74) is 1.32. The molecule has 134 valence electrons. The average Bonchev–Trinajstić information content (AvgIpc) is 3.04. The first-order chi connectivity index (χ1) is 12.1. The third kappa shape index (κ3) is 5.11. The number of carbonyl (C=O) groups excluding carboxylic acids is 1. The van der Waals surface area contributed by atoms with Crippen molar-refractivity contribution >= 4 is 5.97 Å². The van der Waals surface area contributed by atoms with Gasteiger partial charge in [-0.15, -0.1) is 0 Å². The van der Waals surface area contributed by atoms with Gasteiger partial charge < -0.3 is 9.26 Å². The van der Waals surface area contributed by atoms with Gasteiger partial charge in [-0.25, -0.2) is 0 Å². The van der Waals surface area contributed by atoms with Crippen molar-refractivity contribution in [1.29, 1.82) is 0 Å². The fourth-order valence-corrected chi connectivity index (χ4v) is 2.89. The Morgan fingerprint density at radius 3 is 2.52 bits per heavy atom. The van der Waals surface area contributed by atoms with Crippen molar-refractivity contribution in [2.75, 3.05) is 32.7 Å². The first kappa shape index (κ1) is 17.6. The molecule has 0 saturated carbocycles. The second kappa shape index (κ2) is 8.22. The lowest BCUT2D eigenvalue weighted by Crippen LogP contribution is -2.47. The van der Waals surface area contributed by atoms with E-state index in [1.54, 1.807) is 13.8 Å². The van der Waals surface area contributed by atoms with E-state index in [4.69, 9.17) is 9.26 Å². The van der Waals surface area contributed by atoms with Crippen LogP contribution in [0.25, 0.3) is 0 Å². The van der Waals surface area contributed by atoms with E-state index in [9.17, 15) is 4.79 Å². The summed E-state index contributed by atoms with van der Waals surface area (Å²) in [6.07, 6.45) is -0.520. The summed E-state index contributed by atoms with van der Waals surface area (Å²) in [5, 5.41) is 3.71. The highest BCUT2D eigenvalue weighted by molar-refractivity contribution is 5.71. The summed E-state index contributed by atoms with van der Waals surface area (Å²) in [5.74, 6) is 0.603. The van der Waals surface area contributed by atoms with E-state index >= 15 is 0 Å². The molecule has 3 rings (SSSR count). The van der Waals surface area contributed by atoms with E-state index < -0.39 is 6.10 Å². The molecule has 1 aliphatic heterocycles. The fourth-order valence-electron chi connectivity index (χ4n) is 2.89. The minimum absolute atomic E-state index is 0.264. The summed E-state index contributed by atoms with van der Waals surface area (Å²) in [7, 11) is 0. The molecule has 1 atom stereocenters. The van der Waals surface area contributed by atoms with Gasteiger partial charge in [0.2, 0.25) is 0 Å². The summed E-state index contributed by atoms with van der Waals surface area (Å²) in [6.45, 7) is 8.32. The highest BCUT2D eigenvalue weighted by Gasteiger charge is 2.22. The Morgan fingerprint density at radius 1 is 1.20 bits per heavy atom. The van der Waals surface area contributed by atoms with E-state index in [0.717, 1.165) is 32.7 Å². The molecule has 7 nitrogen and oxygen atoms in total. The molecule has 0 radical (unpaired) electrons. The van der Waals surface area contributed by atoms with E-state index in [1.807, 2.05) is 6.07 Å². The van der Waals surface area contributed by atoms with Crippen molar-refractivity contribution in [3.05, 3.63) is 47.6 Å². The van der Waals surface area contributed by atoms with Gasteiger partial charge in [-0.3, -0.25) is 14.6 Å². The van der Waals surface area contributed by atoms with Gasteiger partial charge in [0, 0.05) is 32.7 Å². The van der Waals surface area contributed by atoms with Crippen molar-refractivity contribution in [2.45, 2.75) is 26.5 Å². The largest absolute Gasteiger partial charge is 0.452 e. The normalized spacial score (nSPS) is 17.4. The van der Waals surface area contributed by atoms with Crippen LogP contribution in [0.2, 0.25) is 0 Å². The molecule has 7 heteroatoms. The van der Waals surface area contributed by atoms with E-state index in [2.05, 4.69) is 44.2 Å². The molecule has 1 aromatic heterocycles. The van der Waals surface area contributed by atoms with Crippen molar-refractivity contribution in [3.63, 3.8) is 0 Å². The molecule has 0 bridgehead atoms. The number of benzene rings is 1. The van der Waals surface area contributed by atoms with Crippen LogP contribution in [0.4, 0.5) is 0 Å². The average molecular weight is 344 g/mol. The Bertz CT molecular complexity index is 681. The Kier molecular flexibility index (Phi) is 5.78. The predicted molar refractivity (Wildman–Crippen MR) is 91.7 cm³/mol. The van der Waals surface area contributed by atoms with E-state index in [0.29, 0.717) is 11.7 Å². The molecule has 25 heavy (non-hydrogen) atoms. The minimum atomic E-state index is -0.520. The van der Waals surface area contributed by atoms with Gasteiger partial charge in [-0.1, -0.05) is 35.5 Å². The quantitative estimate of drug-likeness (QED) is 0.740. The lowest BCUT2D eigenvalue weighted by molar-refractivity contribution is -0.151. The van der Waals surface area contributed by atoms with E-state index in [1.165, 1.54) is 5.56 Å². The molecule has 2 aromatic rings. The minimum Gasteiger partial charge on any atom is -0.452 e. The lowest BCUT2D eigenvalue weighted by Gasteiger charge is -2.34. The maximum absolute atomic E-state index is 12.1. The zero-order valence-corrected chi connectivity index (χ0v) is 14.7. The second-order valence-corrected chi connectivity index (χ2v) is 6.35. The smallest absolute Gasteiger partial charge is 0.320 e. The van der Waals surface area contributed by atoms with Crippen LogP contribution in [-0.4, -0.2) is 58.6 Å². The third-order valence-corrected chi connectivity index (χ3v) is 4.27. The first-order valence-electron chi connectivity index (χ1n) is 8.58. The Morgan fingerprint density at radius 2 is 1.88 bits per heavy atom. The maximum atomic E-state index is 12.1. The zero-order chi connectivity index (χ0) is 17.6. The number of hydrogen-bond acceptors (Lipinski definition) is 7. The van der Waals surface area contributed by atoms with Crippen LogP contribution >= 0.6 is 0 Å². The number of nitrogens with zero attached hydrogens (tertiary/aromatic N) is 4. The molecule has 0 spiro atoms. The van der Waals surface area contributed by atoms with Gasteiger partial charge >= 0.3 is 5.97 Å². The topological polar surface area (TPSA) is 71.7 Å². The highest BCUT2D eigenvalue weighted by atomic mass is 16.6. The van der Waals surface area contributed by atoms with Crippen molar-refractivity contribution in [3.8, 4) is 0 Å². The molecule has 1 unspecified atom stereocenters. The van der Waals surface area contributed by atoms with Gasteiger partial charge in [0.15, 0.2) is 11.9 Å². The van der Waals surface area contributed by atoms with Gasteiger partial charge in [-0.05, 0) is 19.4 Å². The van der Waals surface area contributed by atoms with Crippen LogP contribution in [0.1, 0.15) is 30.3 Å². The van der Waals surface area contributed by atoms with Crippen LogP contribution in [0.15, 0.2) is 34.9 Å². The van der Waals surface area contributed by atoms with Crippen LogP contribution in [0.3, 0.4) is 0 Å². The van der Waals surface area contributed by atoms with E-state index in [-0.39, 0.29) is 12.5 Å². The summed E-state index contributed by atoms with van der Waals surface area (Å²) in [4.78, 5) is 20.7. The van der Waals surface area contributed by atoms with Gasteiger partial charge in [-0.2, -0.15) is 4.98 Å². The van der Waals surface area contributed by atoms with Gasteiger partial charge in [0.25, 0.3) is 5.89 Å². The number of aryl methyl sites for hydroxylation is 1. The van der Waals surface area contributed by atoms with Gasteiger partial charge in [0.1, 0.15) is 0 Å². The molecule has 1 saturated heterocycles. The molecule has 0 aliphatic carbocycles. The summed E-state index contributed by atoms with van der Waals surface area (Å²) in [6, 6.07) is 10.4. The third-order valence-electron chi connectivity index (χ3n) is 4.27. The number of aromatic nitrogens is 2. The van der Waals surface area contributed by atoms with Crippen LogP contribution in [-0.2, 0) is 16.1 Å². The Balaban J connectivity index is 1.40.